The number of hydrogen-bond acceptors (Lipinski definition) is 7. The zero-order valence-corrected chi connectivity index (χ0v) is 19.3. The highest BCUT2D eigenvalue weighted by Gasteiger charge is 2.29. The Hall–Kier alpha value is -3.34. The fourth-order valence-electron chi connectivity index (χ4n) is 4.41. The molecule has 0 spiro atoms. The molecule has 0 radical (unpaired) electrons. The van der Waals surface area contributed by atoms with Gasteiger partial charge in [0.2, 0.25) is 5.88 Å². The highest BCUT2D eigenvalue weighted by molar-refractivity contribution is 8.04. The maximum absolute atomic E-state index is 13.0. The second-order valence-electron chi connectivity index (χ2n) is 8.98. The summed E-state index contributed by atoms with van der Waals surface area (Å²) in [7, 11) is 0. The summed E-state index contributed by atoms with van der Waals surface area (Å²) in [6.07, 6.45) is 11.5. The number of nitrogens with zero attached hydrogens (tertiary/aromatic N) is 5. The number of carbonyl (C=O) groups is 1. The van der Waals surface area contributed by atoms with Crippen LogP contribution < -0.4 is 16.4 Å². The molecule has 0 bridgehead atoms. The van der Waals surface area contributed by atoms with E-state index in [0.717, 1.165) is 61.3 Å². The number of aromatic nitrogens is 5. The van der Waals surface area contributed by atoms with Crippen LogP contribution in [0.1, 0.15) is 55.2 Å². The average molecular weight is 480 g/mol. The van der Waals surface area contributed by atoms with Crippen molar-refractivity contribution < 1.29 is 9.90 Å². The molecule has 1 atom stereocenters. The van der Waals surface area contributed by atoms with Gasteiger partial charge in [-0.1, -0.05) is 6.08 Å². The molecule has 6 rings (SSSR count). The molecule has 5 heterocycles. The minimum absolute atomic E-state index is 0.0186. The number of rotatable bonds is 4. The number of piperidine rings is 1. The summed E-state index contributed by atoms with van der Waals surface area (Å²) in [6, 6.07) is 2.27. The van der Waals surface area contributed by atoms with Crippen LogP contribution in [0.15, 0.2) is 33.0 Å². The highest BCUT2D eigenvalue weighted by Crippen LogP contribution is 2.43. The fraction of sp³-hybridized carbons (Fsp3) is 0.435. The molecule has 1 unspecified atom stereocenters. The summed E-state index contributed by atoms with van der Waals surface area (Å²) in [6.45, 7) is 1.66. The van der Waals surface area contributed by atoms with Crippen LogP contribution in [0.2, 0.25) is 0 Å². The molecule has 1 aliphatic carbocycles. The maximum Gasteiger partial charge on any atom is 0.326 e. The van der Waals surface area contributed by atoms with E-state index in [4.69, 9.17) is 9.98 Å². The van der Waals surface area contributed by atoms with Crippen molar-refractivity contribution in [2.45, 2.75) is 49.8 Å². The quantitative estimate of drug-likeness (QED) is 0.514. The van der Waals surface area contributed by atoms with E-state index >= 15 is 0 Å². The van der Waals surface area contributed by atoms with Gasteiger partial charge in [0.1, 0.15) is 5.69 Å². The number of aromatic hydroxyl groups is 1. The molecule has 3 aromatic rings. The smallest absolute Gasteiger partial charge is 0.326 e. The zero-order valence-electron chi connectivity index (χ0n) is 18.5. The molecule has 3 aromatic heterocycles. The van der Waals surface area contributed by atoms with Gasteiger partial charge in [-0.2, -0.15) is 9.61 Å². The predicted octanol–water partition coefficient (Wildman–Crippen LogP) is 1.14. The molecule has 3 aliphatic rings. The minimum atomic E-state index is -0.488. The SMILES string of the molecule is O=C(C1=CCC(c2cc(=NC3CC3)n3ncc(=Cc4[nH]c(=O)[nH]c4O)c3n2)S1)N1CCCCC1. The Morgan fingerprint density at radius 3 is 2.79 bits per heavy atom. The van der Waals surface area contributed by atoms with Gasteiger partial charge in [0.05, 0.1) is 28.1 Å². The van der Waals surface area contributed by atoms with Gasteiger partial charge in [-0.3, -0.25) is 14.8 Å². The van der Waals surface area contributed by atoms with Gasteiger partial charge in [0.15, 0.2) is 11.1 Å². The Morgan fingerprint density at radius 2 is 2.06 bits per heavy atom. The Kier molecular flexibility index (Phi) is 5.28. The molecule has 11 heteroatoms. The maximum atomic E-state index is 13.0. The Morgan fingerprint density at radius 1 is 1.24 bits per heavy atom. The summed E-state index contributed by atoms with van der Waals surface area (Å²) in [5.41, 5.74) is 1.94. The highest BCUT2D eigenvalue weighted by atomic mass is 32.2. The van der Waals surface area contributed by atoms with Crippen LogP contribution in [0, 0.1) is 0 Å². The van der Waals surface area contributed by atoms with Crippen molar-refractivity contribution in [3.8, 4) is 5.88 Å². The molecule has 1 saturated carbocycles. The van der Waals surface area contributed by atoms with Crippen molar-refractivity contribution in [2.24, 2.45) is 4.99 Å². The lowest BCUT2D eigenvalue weighted by Crippen LogP contribution is -2.35. The molecule has 0 aromatic carbocycles. The molecule has 2 aliphatic heterocycles. The number of aromatic amines is 2. The number of hydrogen-bond donors (Lipinski definition) is 3. The number of carbonyl (C=O) groups excluding carboxylic acids is 1. The molecule has 10 nitrogen and oxygen atoms in total. The van der Waals surface area contributed by atoms with E-state index in [1.165, 1.54) is 6.42 Å². The van der Waals surface area contributed by atoms with Crippen LogP contribution in [0.25, 0.3) is 11.7 Å². The van der Waals surface area contributed by atoms with Crippen LogP contribution in [-0.2, 0) is 4.79 Å². The summed E-state index contributed by atoms with van der Waals surface area (Å²) >= 11 is 1.57. The van der Waals surface area contributed by atoms with Gasteiger partial charge in [0.25, 0.3) is 5.91 Å². The summed E-state index contributed by atoms with van der Waals surface area (Å²) in [4.78, 5) is 41.9. The molecular weight excluding hydrogens is 454 g/mol. The molecule has 1 saturated heterocycles. The Labute approximate surface area is 198 Å². The van der Waals surface area contributed by atoms with Crippen molar-refractivity contribution in [3.05, 3.63) is 55.8 Å². The number of allylic oxidation sites excluding steroid dienone is 1. The van der Waals surface area contributed by atoms with Gasteiger partial charge >= 0.3 is 5.69 Å². The van der Waals surface area contributed by atoms with Gasteiger partial charge in [-0.05, 0) is 44.6 Å². The van der Waals surface area contributed by atoms with E-state index < -0.39 is 5.69 Å². The van der Waals surface area contributed by atoms with Crippen molar-refractivity contribution in [2.75, 3.05) is 13.1 Å². The third kappa shape index (κ3) is 4.04. The average Bonchev–Trinajstić information content (AvgIpc) is 3.22. The first-order chi connectivity index (χ1) is 16.5. The second-order valence-corrected chi connectivity index (χ2v) is 10.2. The van der Waals surface area contributed by atoms with Crippen LogP contribution in [-0.4, -0.2) is 59.6 Å². The lowest BCUT2D eigenvalue weighted by molar-refractivity contribution is -0.127. The van der Waals surface area contributed by atoms with E-state index in [1.807, 2.05) is 17.0 Å². The van der Waals surface area contributed by atoms with Crippen molar-refractivity contribution in [3.63, 3.8) is 0 Å². The first kappa shape index (κ1) is 21.2. The van der Waals surface area contributed by atoms with Crippen LogP contribution in [0.3, 0.4) is 0 Å². The lowest BCUT2D eigenvalue weighted by atomic mass is 10.1. The number of thioether (sulfide) groups is 1. The van der Waals surface area contributed by atoms with Gasteiger partial charge in [-0.25, -0.2) is 9.78 Å². The van der Waals surface area contributed by atoms with E-state index in [1.54, 1.807) is 28.6 Å². The first-order valence-corrected chi connectivity index (χ1v) is 12.5. The summed E-state index contributed by atoms with van der Waals surface area (Å²) < 4.78 is 1.70. The monoisotopic (exact) mass is 479 g/mol. The second kappa shape index (κ2) is 8.46. The van der Waals surface area contributed by atoms with Crippen molar-refractivity contribution >= 4 is 29.4 Å². The van der Waals surface area contributed by atoms with Gasteiger partial charge in [-0.15, -0.1) is 11.8 Å². The van der Waals surface area contributed by atoms with E-state index in [-0.39, 0.29) is 22.7 Å². The molecular formula is C23H25N7O3S. The molecule has 2 fully saturated rings. The number of H-pyrrole nitrogens is 2. The normalized spacial score (nSPS) is 22.1. The Balaban J connectivity index is 1.37. The minimum Gasteiger partial charge on any atom is -0.493 e. The van der Waals surface area contributed by atoms with Gasteiger partial charge in [0, 0.05) is 24.4 Å². The third-order valence-electron chi connectivity index (χ3n) is 6.37. The molecule has 176 valence electrons. The van der Waals surface area contributed by atoms with Crippen molar-refractivity contribution in [1.29, 1.82) is 0 Å². The van der Waals surface area contributed by atoms with E-state index in [9.17, 15) is 14.7 Å². The molecule has 3 N–H and O–H groups in total. The van der Waals surface area contributed by atoms with Gasteiger partial charge < -0.3 is 15.0 Å². The van der Waals surface area contributed by atoms with Crippen molar-refractivity contribution in [1.82, 2.24) is 29.5 Å². The van der Waals surface area contributed by atoms with Crippen LogP contribution in [0.4, 0.5) is 0 Å². The number of amides is 1. The topological polar surface area (TPSA) is 132 Å². The summed E-state index contributed by atoms with van der Waals surface area (Å²) in [5.74, 6) is -0.110. The number of fused-ring (bicyclic) bond motifs is 1. The van der Waals surface area contributed by atoms with E-state index in [0.29, 0.717) is 16.9 Å². The van der Waals surface area contributed by atoms with E-state index in [2.05, 4.69) is 15.1 Å². The number of nitrogens with one attached hydrogen (secondary N) is 2. The molecule has 1 amide bonds. The zero-order chi connectivity index (χ0) is 23.2. The number of imidazole rings is 1. The van der Waals surface area contributed by atoms with Crippen LogP contribution >= 0.6 is 11.8 Å². The fourth-order valence-corrected chi connectivity index (χ4v) is 5.58. The third-order valence-corrected chi connectivity index (χ3v) is 7.68. The predicted molar refractivity (Wildman–Crippen MR) is 127 cm³/mol. The Bertz CT molecular complexity index is 1470. The largest absolute Gasteiger partial charge is 0.493 e. The summed E-state index contributed by atoms with van der Waals surface area (Å²) in [5, 5.41) is 15.1. The number of likely N-dealkylation sites (tertiary alicyclic amines) is 1. The first-order valence-electron chi connectivity index (χ1n) is 11.7. The lowest BCUT2D eigenvalue weighted by Gasteiger charge is -2.27. The van der Waals surface area contributed by atoms with Crippen LogP contribution in [0.5, 0.6) is 5.88 Å². The molecule has 34 heavy (non-hydrogen) atoms. The standard InChI is InChI=1S/C23H25N7O3S/c31-21-16(27-23(33)28-21)10-13-12-24-30-19(25-14-4-5-14)11-15(26-20(13)30)17-6-7-18(34-17)22(32)29-8-2-1-3-9-29/h7,10-12,14,17,31H,1-6,8-9H2,(H2,27,28,33).